The highest BCUT2D eigenvalue weighted by molar-refractivity contribution is 5.51. The maximum atomic E-state index is 12.2. The monoisotopic (exact) mass is 300 g/mol. The molecule has 0 bridgehead atoms. The molecule has 2 fully saturated rings. The second-order valence-corrected chi connectivity index (χ2v) is 5.90. The van der Waals surface area contributed by atoms with Crippen molar-refractivity contribution in [2.45, 2.75) is 25.2 Å². The molecule has 2 unspecified atom stereocenters. The van der Waals surface area contributed by atoms with Crippen LogP contribution in [0.25, 0.3) is 0 Å². The minimum atomic E-state index is -4.63. The van der Waals surface area contributed by atoms with Crippen molar-refractivity contribution in [1.82, 2.24) is 4.90 Å². The molecule has 0 saturated carbocycles. The molecule has 0 N–H and O–H groups in total. The number of alkyl halides is 3. The standard InChI is InChI=1S/C15H19F3N2O/c1-19-8-7-14-11(10-19)6-9-20(14)12-2-4-13(5-3-12)21-15(16,17)18/h2-5,11,14H,6-10H2,1H3. The van der Waals surface area contributed by atoms with E-state index >= 15 is 0 Å². The Morgan fingerprint density at radius 2 is 1.81 bits per heavy atom. The second kappa shape index (κ2) is 5.40. The zero-order valence-electron chi connectivity index (χ0n) is 11.9. The smallest absolute Gasteiger partial charge is 0.406 e. The van der Waals surface area contributed by atoms with E-state index in [1.165, 1.54) is 12.1 Å². The van der Waals surface area contributed by atoms with E-state index in [2.05, 4.69) is 21.6 Å². The number of benzene rings is 1. The van der Waals surface area contributed by atoms with Crippen molar-refractivity contribution in [2.24, 2.45) is 5.92 Å². The van der Waals surface area contributed by atoms with Crippen LogP contribution in [0, 0.1) is 5.92 Å². The molecule has 0 radical (unpaired) electrons. The van der Waals surface area contributed by atoms with E-state index in [0.29, 0.717) is 12.0 Å². The van der Waals surface area contributed by atoms with Gasteiger partial charge in [-0.2, -0.15) is 0 Å². The van der Waals surface area contributed by atoms with Gasteiger partial charge in [-0.1, -0.05) is 0 Å². The molecule has 0 aromatic heterocycles. The highest BCUT2D eigenvalue weighted by Gasteiger charge is 2.37. The number of hydrogen-bond donors (Lipinski definition) is 0. The van der Waals surface area contributed by atoms with Gasteiger partial charge in [-0.25, -0.2) is 0 Å². The molecule has 3 nitrogen and oxygen atoms in total. The fourth-order valence-corrected chi connectivity index (χ4v) is 3.53. The predicted molar refractivity (Wildman–Crippen MR) is 74.5 cm³/mol. The number of hydrogen-bond acceptors (Lipinski definition) is 3. The molecule has 0 spiro atoms. The van der Waals surface area contributed by atoms with Crippen LogP contribution in [-0.4, -0.2) is 44.0 Å². The summed E-state index contributed by atoms with van der Waals surface area (Å²) in [5.41, 5.74) is 0.988. The van der Waals surface area contributed by atoms with E-state index in [1.807, 2.05) is 0 Å². The van der Waals surface area contributed by atoms with Crippen LogP contribution in [0.2, 0.25) is 0 Å². The molecule has 6 heteroatoms. The van der Waals surface area contributed by atoms with Crippen molar-refractivity contribution in [1.29, 1.82) is 0 Å². The molecule has 21 heavy (non-hydrogen) atoms. The third-order valence-electron chi connectivity index (χ3n) is 4.44. The van der Waals surface area contributed by atoms with Crippen LogP contribution in [0.1, 0.15) is 12.8 Å². The minimum Gasteiger partial charge on any atom is -0.406 e. The van der Waals surface area contributed by atoms with Crippen molar-refractivity contribution in [2.75, 3.05) is 31.6 Å². The van der Waals surface area contributed by atoms with Gasteiger partial charge < -0.3 is 14.5 Å². The summed E-state index contributed by atoms with van der Waals surface area (Å²) < 4.78 is 40.4. The summed E-state index contributed by atoms with van der Waals surface area (Å²) in [6.45, 7) is 3.16. The number of fused-ring (bicyclic) bond motifs is 1. The van der Waals surface area contributed by atoms with Gasteiger partial charge >= 0.3 is 6.36 Å². The molecule has 2 aliphatic rings. The van der Waals surface area contributed by atoms with E-state index < -0.39 is 6.36 Å². The maximum absolute atomic E-state index is 12.2. The van der Waals surface area contributed by atoms with Gasteiger partial charge in [0.25, 0.3) is 0 Å². The van der Waals surface area contributed by atoms with Crippen LogP contribution in [-0.2, 0) is 0 Å². The van der Waals surface area contributed by atoms with Crippen molar-refractivity contribution >= 4 is 5.69 Å². The molecule has 3 rings (SSSR count). The Hall–Kier alpha value is -1.43. The lowest BCUT2D eigenvalue weighted by Crippen LogP contribution is -2.44. The number of ether oxygens (including phenoxy) is 1. The van der Waals surface area contributed by atoms with Crippen molar-refractivity contribution in [3.05, 3.63) is 24.3 Å². The van der Waals surface area contributed by atoms with E-state index in [1.54, 1.807) is 12.1 Å². The predicted octanol–water partition coefficient (Wildman–Crippen LogP) is 3.12. The zero-order chi connectivity index (χ0) is 15.0. The van der Waals surface area contributed by atoms with Gasteiger partial charge in [0.1, 0.15) is 5.75 Å². The van der Waals surface area contributed by atoms with Crippen molar-refractivity contribution in [3.63, 3.8) is 0 Å². The molecule has 1 aromatic rings. The third-order valence-corrected chi connectivity index (χ3v) is 4.44. The summed E-state index contributed by atoms with van der Waals surface area (Å²) in [5.74, 6) is 0.500. The van der Waals surface area contributed by atoms with E-state index in [4.69, 9.17) is 0 Å². The molecule has 2 saturated heterocycles. The lowest BCUT2D eigenvalue weighted by Gasteiger charge is -2.37. The number of anilines is 1. The van der Waals surface area contributed by atoms with Crippen LogP contribution >= 0.6 is 0 Å². The molecular formula is C15H19F3N2O. The summed E-state index contributed by atoms with van der Waals surface area (Å²) in [7, 11) is 2.14. The van der Waals surface area contributed by atoms with Crippen LogP contribution < -0.4 is 9.64 Å². The molecule has 1 aromatic carbocycles. The zero-order valence-corrected chi connectivity index (χ0v) is 11.9. The first-order chi connectivity index (χ1) is 9.92. The van der Waals surface area contributed by atoms with Crippen molar-refractivity contribution < 1.29 is 17.9 Å². The lowest BCUT2D eigenvalue weighted by molar-refractivity contribution is -0.274. The Bertz CT molecular complexity index is 489. The lowest BCUT2D eigenvalue weighted by atomic mass is 9.93. The third kappa shape index (κ3) is 3.26. The van der Waals surface area contributed by atoms with Gasteiger partial charge in [0.05, 0.1) is 0 Å². The van der Waals surface area contributed by atoms with Gasteiger partial charge in [0.15, 0.2) is 0 Å². The highest BCUT2D eigenvalue weighted by Crippen LogP contribution is 2.35. The SMILES string of the molecule is CN1CCC2C(CCN2c2ccc(OC(F)(F)F)cc2)C1. The molecule has 2 aliphatic heterocycles. The maximum Gasteiger partial charge on any atom is 0.573 e. The highest BCUT2D eigenvalue weighted by atomic mass is 19.4. The van der Waals surface area contributed by atoms with Crippen LogP contribution in [0.3, 0.4) is 0 Å². The Kier molecular flexibility index (Phi) is 3.73. The van der Waals surface area contributed by atoms with Gasteiger partial charge in [-0.15, -0.1) is 13.2 Å². The molecule has 2 atom stereocenters. The number of piperidine rings is 1. The molecule has 116 valence electrons. The Balaban J connectivity index is 1.70. The molecule has 0 amide bonds. The average Bonchev–Trinajstić information content (AvgIpc) is 2.80. The molecule has 0 aliphatic carbocycles. The molecular weight excluding hydrogens is 281 g/mol. The van der Waals surface area contributed by atoms with E-state index in [9.17, 15) is 13.2 Å². The normalized spacial score (nSPS) is 26.8. The summed E-state index contributed by atoms with van der Waals surface area (Å²) in [6, 6.07) is 6.75. The minimum absolute atomic E-state index is 0.162. The Morgan fingerprint density at radius 1 is 1.10 bits per heavy atom. The second-order valence-electron chi connectivity index (χ2n) is 5.90. The average molecular weight is 300 g/mol. The van der Waals surface area contributed by atoms with Crippen LogP contribution in [0.4, 0.5) is 18.9 Å². The largest absolute Gasteiger partial charge is 0.573 e. The quantitative estimate of drug-likeness (QED) is 0.834. The van der Waals surface area contributed by atoms with E-state index in [0.717, 1.165) is 38.2 Å². The molecule has 2 heterocycles. The first-order valence-electron chi connectivity index (χ1n) is 7.23. The first-order valence-corrected chi connectivity index (χ1v) is 7.23. The fraction of sp³-hybridized carbons (Fsp3) is 0.600. The van der Waals surface area contributed by atoms with E-state index in [-0.39, 0.29) is 5.75 Å². The fourth-order valence-electron chi connectivity index (χ4n) is 3.53. The number of halogens is 3. The Labute approximate surface area is 122 Å². The topological polar surface area (TPSA) is 15.7 Å². The van der Waals surface area contributed by atoms with Gasteiger partial charge in [0.2, 0.25) is 0 Å². The van der Waals surface area contributed by atoms with Crippen LogP contribution in [0.15, 0.2) is 24.3 Å². The summed E-state index contributed by atoms with van der Waals surface area (Å²) in [6.07, 6.45) is -2.37. The summed E-state index contributed by atoms with van der Waals surface area (Å²) in [4.78, 5) is 4.68. The first kappa shape index (κ1) is 14.5. The number of likely N-dealkylation sites (tertiary alicyclic amines) is 1. The number of nitrogens with zero attached hydrogens (tertiary/aromatic N) is 2. The van der Waals surface area contributed by atoms with Crippen LogP contribution in [0.5, 0.6) is 5.75 Å². The van der Waals surface area contributed by atoms with Gasteiger partial charge in [-0.05, 0) is 56.6 Å². The summed E-state index contributed by atoms with van der Waals surface area (Å²) >= 11 is 0. The number of rotatable bonds is 2. The van der Waals surface area contributed by atoms with Gasteiger partial charge in [0, 0.05) is 24.8 Å². The van der Waals surface area contributed by atoms with Crippen molar-refractivity contribution in [3.8, 4) is 5.75 Å². The summed E-state index contributed by atoms with van der Waals surface area (Å²) in [5, 5.41) is 0. The van der Waals surface area contributed by atoms with Gasteiger partial charge in [-0.3, -0.25) is 0 Å². The Morgan fingerprint density at radius 3 is 2.48 bits per heavy atom.